The van der Waals surface area contributed by atoms with E-state index < -0.39 is 0 Å². The normalized spacial score (nSPS) is 11.4. The van der Waals surface area contributed by atoms with Gasteiger partial charge >= 0.3 is 26.2 Å². The van der Waals surface area contributed by atoms with Crippen LogP contribution in [-0.4, -0.2) is 9.52 Å². The van der Waals surface area contributed by atoms with Crippen molar-refractivity contribution in [3.8, 4) is 22.3 Å². The fraction of sp³-hybridized carbons (Fsp3) is 0.318. The Kier molecular flexibility index (Phi) is 12.6. The van der Waals surface area contributed by atoms with Crippen molar-refractivity contribution in [1.29, 1.82) is 0 Å². The fourth-order valence-corrected chi connectivity index (χ4v) is 6.08. The van der Waals surface area contributed by atoms with Gasteiger partial charge in [-0.05, 0) is 33.1 Å². The molecule has 0 saturated carbocycles. The van der Waals surface area contributed by atoms with Crippen LogP contribution in [0.2, 0.25) is 13.1 Å². The van der Waals surface area contributed by atoms with E-state index in [1.165, 1.54) is 77.2 Å². The third kappa shape index (κ3) is 8.37. The minimum Gasteiger partial charge on any atom is -0.153 e. The molecule has 0 unspecified atom stereocenters. The van der Waals surface area contributed by atoms with E-state index in [2.05, 4.69) is 179 Å². The van der Waals surface area contributed by atoms with Crippen LogP contribution < -0.4 is 0 Å². The Morgan fingerprint density at radius 1 is 0.478 bits per heavy atom. The summed E-state index contributed by atoms with van der Waals surface area (Å²) in [5.41, 5.74) is 14.0. The summed E-state index contributed by atoms with van der Waals surface area (Å²) < 4.78 is 0. The van der Waals surface area contributed by atoms with Crippen LogP contribution in [0, 0.1) is 27.7 Å². The van der Waals surface area contributed by atoms with Crippen molar-refractivity contribution in [2.24, 2.45) is 0 Å². The molecule has 0 nitrogen and oxygen atoms in total. The number of rotatable bonds is 2. The third-order valence-electron chi connectivity index (χ3n) is 8.99. The summed E-state index contributed by atoms with van der Waals surface area (Å²) in [4.78, 5) is 0. The Balaban J connectivity index is 0.000000226. The van der Waals surface area contributed by atoms with Crippen LogP contribution in [0.1, 0.15) is 74.9 Å². The summed E-state index contributed by atoms with van der Waals surface area (Å²) >= 11 is 0. The van der Waals surface area contributed by atoms with E-state index in [1.807, 2.05) is 0 Å². The van der Waals surface area contributed by atoms with Crippen molar-refractivity contribution < 1.29 is 26.2 Å². The van der Waals surface area contributed by atoms with Crippen LogP contribution in [-0.2, 0) is 37.0 Å². The minimum absolute atomic E-state index is 0. The van der Waals surface area contributed by atoms with Gasteiger partial charge in [-0.25, -0.2) is 0 Å². The Bertz CT molecular complexity index is 1730. The van der Waals surface area contributed by atoms with E-state index in [4.69, 9.17) is 0 Å². The molecule has 6 aromatic carbocycles. The molecule has 2 radical (unpaired) electrons. The third-order valence-corrected chi connectivity index (χ3v) is 8.99. The molecule has 0 saturated heterocycles. The monoisotopic (exact) mass is 698 g/mol. The molecule has 0 fully saturated rings. The number of aryl methyl sites for hydroxylation is 4. The second-order valence-electron chi connectivity index (χ2n) is 14.6. The van der Waals surface area contributed by atoms with Gasteiger partial charge in [0.2, 0.25) is 0 Å². The smallest absolute Gasteiger partial charge is 0.153 e. The Hall–Kier alpha value is -2.80. The molecule has 6 aromatic rings. The van der Waals surface area contributed by atoms with Gasteiger partial charge in [0.1, 0.15) is 0 Å². The van der Waals surface area contributed by atoms with Crippen LogP contribution in [0.3, 0.4) is 0 Å². The zero-order valence-corrected chi connectivity index (χ0v) is 33.7. The van der Waals surface area contributed by atoms with E-state index in [0.717, 1.165) is 9.52 Å². The van der Waals surface area contributed by atoms with Crippen LogP contribution in [0.15, 0.2) is 97.1 Å². The first-order valence-corrected chi connectivity index (χ1v) is 18.3. The fourth-order valence-electron chi connectivity index (χ4n) is 6.08. The molecule has 0 aromatic heterocycles. The Morgan fingerprint density at radius 2 is 0.783 bits per heavy atom. The van der Waals surface area contributed by atoms with Gasteiger partial charge in [0.25, 0.3) is 0 Å². The molecular formula is C44H52SiZr. The van der Waals surface area contributed by atoms with Crippen molar-refractivity contribution in [3.05, 3.63) is 130 Å². The molecule has 0 aliphatic carbocycles. The number of benzene rings is 4. The van der Waals surface area contributed by atoms with Crippen molar-refractivity contribution in [3.63, 3.8) is 0 Å². The van der Waals surface area contributed by atoms with Gasteiger partial charge in [-0.2, -0.15) is 11.1 Å². The van der Waals surface area contributed by atoms with Crippen LogP contribution in [0.5, 0.6) is 0 Å². The predicted octanol–water partition coefficient (Wildman–Crippen LogP) is 13.1. The maximum Gasteiger partial charge on any atom is 2.00 e. The Labute approximate surface area is 301 Å². The molecule has 6 rings (SSSR count). The van der Waals surface area contributed by atoms with Crippen molar-refractivity contribution >= 4 is 31.1 Å². The summed E-state index contributed by atoms with van der Waals surface area (Å²) in [6.45, 7) is 26.7. The topological polar surface area (TPSA) is 0 Å². The van der Waals surface area contributed by atoms with Gasteiger partial charge in [-0.1, -0.05) is 154 Å². The zero-order chi connectivity index (χ0) is 33.1. The first-order valence-electron chi connectivity index (χ1n) is 16.3. The molecule has 46 heavy (non-hydrogen) atoms. The number of fused-ring (bicyclic) bond motifs is 2. The van der Waals surface area contributed by atoms with E-state index in [-0.39, 0.29) is 37.0 Å². The summed E-state index contributed by atoms with van der Waals surface area (Å²) in [6, 6.07) is 35.9. The summed E-state index contributed by atoms with van der Waals surface area (Å²) in [7, 11) is 1.08. The Morgan fingerprint density at radius 3 is 1.07 bits per heavy atom. The van der Waals surface area contributed by atoms with Gasteiger partial charge in [-0.3, -0.25) is 0 Å². The summed E-state index contributed by atoms with van der Waals surface area (Å²) in [5, 5.41) is 5.50. The standard InChI is InChI=1S/2C21H23.C2H6Si.Zr/c2*1-14-13-17-7-6-8-19(20(17)15(14)2)16-9-11-18(12-10-16)21(3,4)5;1-3-2;/h2*6-13H,1-5H3;1-2H3;/q2*-1;;+2. The molecule has 0 spiro atoms. The molecule has 0 N–H and O–H groups in total. The van der Waals surface area contributed by atoms with Crippen molar-refractivity contribution in [1.82, 2.24) is 0 Å². The summed E-state index contributed by atoms with van der Waals surface area (Å²) in [5.74, 6) is 0. The van der Waals surface area contributed by atoms with E-state index in [9.17, 15) is 0 Å². The largest absolute Gasteiger partial charge is 2.00 e. The molecular weight excluding hydrogens is 648 g/mol. The van der Waals surface area contributed by atoms with Gasteiger partial charge in [0.05, 0.1) is 0 Å². The van der Waals surface area contributed by atoms with Crippen LogP contribution >= 0.6 is 0 Å². The van der Waals surface area contributed by atoms with Crippen LogP contribution in [0.4, 0.5) is 0 Å². The molecule has 0 aliphatic heterocycles. The van der Waals surface area contributed by atoms with Gasteiger partial charge < -0.3 is 0 Å². The molecule has 0 heterocycles. The molecule has 0 bridgehead atoms. The molecule has 0 aliphatic rings. The maximum absolute atomic E-state index is 2.29. The average molecular weight is 700 g/mol. The molecule has 0 atom stereocenters. The van der Waals surface area contributed by atoms with E-state index in [1.54, 1.807) is 0 Å². The van der Waals surface area contributed by atoms with Crippen LogP contribution in [0.25, 0.3) is 43.8 Å². The predicted molar refractivity (Wildman–Crippen MR) is 204 cm³/mol. The second-order valence-corrected chi connectivity index (χ2v) is 15.6. The molecule has 236 valence electrons. The zero-order valence-electron chi connectivity index (χ0n) is 30.2. The average Bonchev–Trinajstić information content (AvgIpc) is 3.46. The second kappa shape index (κ2) is 15.4. The van der Waals surface area contributed by atoms with Crippen molar-refractivity contribution in [2.45, 2.75) is 93.2 Å². The quantitative estimate of drug-likeness (QED) is 0.125. The van der Waals surface area contributed by atoms with Gasteiger partial charge in [0.15, 0.2) is 0 Å². The number of hydrogen-bond donors (Lipinski definition) is 0. The van der Waals surface area contributed by atoms with Gasteiger partial charge in [0, 0.05) is 9.52 Å². The maximum atomic E-state index is 2.29. The first-order chi connectivity index (χ1) is 21.2. The van der Waals surface area contributed by atoms with Crippen molar-refractivity contribution in [2.75, 3.05) is 0 Å². The minimum atomic E-state index is 0. The first kappa shape index (κ1) is 37.7. The SMILES string of the molecule is C[Si]C.Cc1[cH-]c2cccc(-c3ccc(C(C)(C)C)cc3)c2c1C.Cc1[cH-]c2cccc(-c3ccc(C(C)(C)C)cc3)c2c1C.[Zr+2]. The summed E-state index contributed by atoms with van der Waals surface area (Å²) in [6.07, 6.45) is 0. The van der Waals surface area contributed by atoms with Gasteiger partial charge in [-0.15, -0.1) is 69.1 Å². The number of hydrogen-bond acceptors (Lipinski definition) is 0. The van der Waals surface area contributed by atoms with E-state index >= 15 is 0 Å². The molecule has 0 amide bonds. The molecule has 2 heteroatoms. The van der Waals surface area contributed by atoms with E-state index in [0.29, 0.717) is 0 Å².